The van der Waals surface area contributed by atoms with Gasteiger partial charge in [-0.15, -0.1) is 0 Å². The molecule has 72 heavy (non-hydrogen) atoms. The fourth-order valence-corrected chi connectivity index (χ4v) is 10.3. The second-order valence-electron chi connectivity index (χ2n) is 18.8. The molecule has 354 valence electrons. The predicted molar refractivity (Wildman–Crippen MR) is 309 cm³/mol. The van der Waals surface area contributed by atoms with Crippen LogP contribution in [0.4, 0.5) is 51.2 Å². The number of rotatable bonds is 15. The van der Waals surface area contributed by atoms with Gasteiger partial charge in [0.2, 0.25) is 0 Å². The lowest BCUT2D eigenvalue weighted by atomic mass is 9.92. The van der Waals surface area contributed by atoms with Gasteiger partial charge in [0.25, 0.3) is 0 Å². The Morgan fingerprint density at radius 2 is 0.458 bits per heavy atom. The summed E-state index contributed by atoms with van der Waals surface area (Å²) in [6.45, 7) is 13.3. The van der Waals surface area contributed by atoms with Crippen LogP contribution in [0.2, 0.25) is 0 Å². The van der Waals surface area contributed by atoms with E-state index in [4.69, 9.17) is 0 Å². The maximum Gasteiger partial charge on any atom is 0.0493 e. The van der Waals surface area contributed by atoms with E-state index >= 15 is 0 Å². The second-order valence-corrected chi connectivity index (χ2v) is 18.8. The molecule has 3 nitrogen and oxygen atoms in total. The average Bonchev–Trinajstić information content (AvgIpc) is 3.43. The van der Waals surface area contributed by atoms with Crippen LogP contribution < -0.4 is 14.7 Å². The molecule has 0 heterocycles. The summed E-state index contributed by atoms with van der Waals surface area (Å²) < 4.78 is 0. The van der Waals surface area contributed by atoms with Crippen LogP contribution in [0, 0.1) is 20.8 Å². The fourth-order valence-electron chi connectivity index (χ4n) is 10.3. The molecule has 0 atom stereocenters. The van der Waals surface area contributed by atoms with Gasteiger partial charge in [-0.3, -0.25) is 0 Å². The summed E-state index contributed by atoms with van der Waals surface area (Å²) in [5.74, 6) is 0. The molecule has 0 aliphatic carbocycles. The van der Waals surface area contributed by atoms with Gasteiger partial charge in [-0.1, -0.05) is 166 Å². The van der Waals surface area contributed by atoms with Gasteiger partial charge in [0.15, 0.2) is 0 Å². The highest BCUT2D eigenvalue weighted by Gasteiger charge is 2.21. The minimum absolute atomic E-state index is 0.945. The van der Waals surface area contributed by atoms with Crippen LogP contribution in [-0.2, 0) is 19.3 Å². The maximum absolute atomic E-state index is 2.42. The molecule has 0 fully saturated rings. The zero-order valence-corrected chi connectivity index (χ0v) is 42.5. The van der Waals surface area contributed by atoms with Crippen LogP contribution >= 0.6 is 0 Å². The molecule has 10 aromatic rings. The molecule has 3 heteroatoms. The van der Waals surface area contributed by atoms with Crippen LogP contribution in [0.5, 0.6) is 0 Å². The van der Waals surface area contributed by atoms with Crippen molar-refractivity contribution in [1.29, 1.82) is 0 Å². The molecular formula is C69H63N3. The van der Waals surface area contributed by atoms with E-state index in [1.54, 1.807) is 0 Å². The molecular weight excluding hydrogens is 871 g/mol. The van der Waals surface area contributed by atoms with Crippen molar-refractivity contribution in [1.82, 2.24) is 0 Å². The lowest BCUT2D eigenvalue weighted by Crippen LogP contribution is -2.13. The van der Waals surface area contributed by atoms with E-state index in [2.05, 4.69) is 293 Å². The van der Waals surface area contributed by atoms with Crippen molar-refractivity contribution in [2.75, 3.05) is 14.7 Å². The van der Waals surface area contributed by atoms with Crippen molar-refractivity contribution in [2.24, 2.45) is 0 Å². The monoisotopic (exact) mass is 934 g/mol. The van der Waals surface area contributed by atoms with Crippen molar-refractivity contribution in [3.8, 4) is 33.4 Å². The first-order valence-corrected chi connectivity index (χ1v) is 25.6. The first-order chi connectivity index (χ1) is 35.3. The van der Waals surface area contributed by atoms with Crippen LogP contribution in [0.1, 0.15) is 54.2 Å². The van der Waals surface area contributed by atoms with Gasteiger partial charge in [0, 0.05) is 51.2 Å². The number of benzene rings is 10. The van der Waals surface area contributed by atoms with E-state index in [1.807, 2.05) is 0 Å². The Morgan fingerprint density at radius 3 is 0.694 bits per heavy atom. The predicted octanol–water partition coefficient (Wildman–Crippen LogP) is 19.7. The van der Waals surface area contributed by atoms with Gasteiger partial charge in [-0.25, -0.2) is 0 Å². The number of hydrogen-bond donors (Lipinski definition) is 0. The number of anilines is 9. The van der Waals surface area contributed by atoms with Crippen molar-refractivity contribution < 1.29 is 0 Å². The average molecular weight is 934 g/mol. The summed E-state index contributed by atoms with van der Waals surface area (Å²) in [5.41, 5.74) is 25.1. The Bertz CT molecular complexity index is 3080. The molecule has 0 spiro atoms. The zero-order valence-electron chi connectivity index (χ0n) is 42.5. The van der Waals surface area contributed by atoms with Gasteiger partial charge in [-0.05, 0) is 198 Å². The molecule has 0 bridgehead atoms. The Balaban J connectivity index is 1.09. The van der Waals surface area contributed by atoms with Crippen LogP contribution in [0.25, 0.3) is 33.4 Å². The third-order valence-corrected chi connectivity index (χ3v) is 14.2. The summed E-state index contributed by atoms with van der Waals surface area (Å²) in [5, 5.41) is 0. The third kappa shape index (κ3) is 9.59. The lowest BCUT2D eigenvalue weighted by molar-refractivity contribution is 1.11. The van der Waals surface area contributed by atoms with E-state index in [0.29, 0.717) is 0 Å². The first kappa shape index (κ1) is 47.3. The number of aryl methyl sites for hydroxylation is 6. The summed E-state index contributed by atoms with van der Waals surface area (Å²) in [4.78, 5) is 7.25. The van der Waals surface area contributed by atoms with Gasteiger partial charge < -0.3 is 14.7 Å². The van der Waals surface area contributed by atoms with Gasteiger partial charge >= 0.3 is 0 Å². The lowest BCUT2D eigenvalue weighted by Gasteiger charge is -2.29. The van der Waals surface area contributed by atoms with Crippen molar-refractivity contribution in [3.05, 3.63) is 270 Å². The maximum atomic E-state index is 2.42. The highest BCUT2D eigenvalue weighted by Crippen LogP contribution is 2.44. The summed E-state index contributed by atoms with van der Waals surface area (Å²) in [7, 11) is 0. The van der Waals surface area contributed by atoms with E-state index in [9.17, 15) is 0 Å². The topological polar surface area (TPSA) is 9.72 Å². The molecule has 0 unspecified atom stereocenters. The Hall–Kier alpha value is -8.40. The largest absolute Gasteiger partial charge is 0.310 e. The van der Waals surface area contributed by atoms with Crippen LogP contribution in [0.3, 0.4) is 0 Å². The molecule has 0 amide bonds. The van der Waals surface area contributed by atoms with Crippen molar-refractivity contribution in [3.63, 3.8) is 0 Å². The molecule has 10 aromatic carbocycles. The van der Waals surface area contributed by atoms with E-state index in [0.717, 1.165) is 69.7 Å². The molecule has 0 radical (unpaired) electrons. The second kappa shape index (κ2) is 21.3. The van der Waals surface area contributed by atoms with Gasteiger partial charge in [0.1, 0.15) is 0 Å². The molecule has 0 saturated heterocycles. The first-order valence-electron chi connectivity index (χ1n) is 25.6. The molecule has 0 aromatic heterocycles. The molecule has 0 N–H and O–H groups in total. The van der Waals surface area contributed by atoms with Crippen molar-refractivity contribution in [2.45, 2.75) is 60.8 Å². The van der Waals surface area contributed by atoms with E-state index in [-0.39, 0.29) is 0 Å². The standard InChI is InChI=1S/C69H63N3/c1-7-52-25-13-19-31-67(52)70(64-28-16-10-22-49(64)4)61-40-34-55(35-41-61)58-46-59(56-36-42-62(43-37-56)71(65-29-17-11-23-50(65)5)68-32-20-14-26-53(68)8-2)48-60(47-58)57-38-44-63(45-39-57)72(66-30-18-12-24-51(66)6)69-33-21-15-27-54(69)9-3/h10-48H,7-9H2,1-6H3. The van der Waals surface area contributed by atoms with E-state index in [1.165, 1.54) is 67.5 Å². The van der Waals surface area contributed by atoms with Gasteiger partial charge in [-0.2, -0.15) is 0 Å². The highest BCUT2D eigenvalue weighted by atomic mass is 15.2. The Kier molecular flexibility index (Phi) is 14.0. The number of nitrogens with zero attached hydrogens (tertiary/aromatic N) is 3. The smallest absolute Gasteiger partial charge is 0.0493 e. The minimum atomic E-state index is 0.945. The highest BCUT2D eigenvalue weighted by molar-refractivity contribution is 5.87. The van der Waals surface area contributed by atoms with E-state index < -0.39 is 0 Å². The Morgan fingerprint density at radius 1 is 0.236 bits per heavy atom. The Labute approximate surface area is 428 Å². The molecule has 0 saturated carbocycles. The van der Waals surface area contributed by atoms with Gasteiger partial charge in [0.05, 0.1) is 0 Å². The third-order valence-electron chi connectivity index (χ3n) is 14.2. The SMILES string of the molecule is CCc1ccccc1N(c1ccc(-c2cc(-c3ccc(N(c4ccccc4C)c4ccccc4CC)cc3)cc(-c3ccc(N(c4ccccc4C)c4ccccc4CC)cc3)c2)cc1)c1ccccc1C. The summed E-state index contributed by atoms with van der Waals surface area (Å²) >= 11 is 0. The zero-order chi connectivity index (χ0) is 49.6. The quantitative estimate of drug-likeness (QED) is 0.101. The molecule has 0 aliphatic heterocycles. The molecule has 0 aliphatic rings. The minimum Gasteiger partial charge on any atom is -0.310 e. The summed E-state index contributed by atoms with van der Waals surface area (Å²) in [6, 6.07) is 87.0. The normalized spacial score (nSPS) is 11.1. The van der Waals surface area contributed by atoms with Crippen LogP contribution in [0.15, 0.2) is 237 Å². The number of para-hydroxylation sites is 6. The number of hydrogen-bond acceptors (Lipinski definition) is 3. The molecule has 10 rings (SSSR count). The van der Waals surface area contributed by atoms with Crippen LogP contribution in [-0.4, -0.2) is 0 Å². The summed E-state index contributed by atoms with van der Waals surface area (Å²) in [6.07, 6.45) is 2.83. The van der Waals surface area contributed by atoms with Crippen molar-refractivity contribution >= 4 is 51.2 Å². The fraction of sp³-hybridized carbons (Fsp3) is 0.130.